The van der Waals surface area contributed by atoms with Crippen molar-refractivity contribution in [2.45, 2.75) is 12.8 Å². The van der Waals surface area contributed by atoms with Gasteiger partial charge in [0.2, 0.25) is 5.91 Å². The van der Waals surface area contributed by atoms with Gasteiger partial charge >= 0.3 is 5.97 Å². The van der Waals surface area contributed by atoms with E-state index in [1.807, 2.05) is 30.3 Å². The predicted octanol–water partition coefficient (Wildman–Crippen LogP) is 3.98. The molecule has 3 rings (SSSR count). The third-order valence-corrected chi connectivity index (χ3v) is 4.11. The highest BCUT2D eigenvalue weighted by Crippen LogP contribution is 2.19. The van der Waals surface area contributed by atoms with E-state index in [9.17, 15) is 9.59 Å². The zero-order chi connectivity index (χ0) is 18.5. The topological polar surface area (TPSA) is 90.2 Å². The van der Waals surface area contributed by atoms with Crippen LogP contribution in [-0.2, 0) is 11.2 Å². The first kappa shape index (κ1) is 17.2. The average Bonchev–Trinajstić information content (AvgIpc) is 2.66. The first-order valence-electron chi connectivity index (χ1n) is 8.12. The molecule has 0 saturated carbocycles. The minimum Gasteiger partial charge on any atom is -0.478 e. The quantitative estimate of drug-likeness (QED) is 0.732. The van der Waals surface area contributed by atoms with Gasteiger partial charge in [-0.2, -0.15) is 5.26 Å². The normalized spacial score (nSPS) is 10.3. The van der Waals surface area contributed by atoms with Gasteiger partial charge in [0.15, 0.2) is 0 Å². The van der Waals surface area contributed by atoms with E-state index in [0.29, 0.717) is 17.7 Å². The summed E-state index contributed by atoms with van der Waals surface area (Å²) in [6.07, 6.45) is 0.784. The van der Waals surface area contributed by atoms with Gasteiger partial charge in [-0.25, -0.2) is 4.79 Å². The summed E-state index contributed by atoms with van der Waals surface area (Å²) in [5.74, 6) is -1.31. The van der Waals surface area contributed by atoms with Crippen molar-refractivity contribution in [1.29, 1.82) is 5.26 Å². The van der Waals surface area contributed by atoms with Gasteiger partial charge in [0.05, 0.1) is 22.9 Å². The minimum atomic E-state index is -1.08. The molecule has 0 aliphatic heterocycles. The van der Waals surface area contributed by atoms with Crippen molar-refractivity contribution in [3.05, 3.63) is 77.4 Å². The number of rotatable bonds is 5. The molecule has 0 saturated heterocycles. The number of hydrogen-bond donors (Lipinski definition) is 2. The first-order valence-corrected chi connectivity index (χ1v) is 8.12. The summed E-state index contributed by atoms with van der Waals surface area (Å²) in [6, 6.07) is 19.8. The van der Waals surface area contributed by atoms with Gasteiger partial charge in [-0.05, 0) is 47.0 Å². The number of nitrogens with zero attached hydrogens (tertiary/aromatic N) is 1. The third kappa shape index (κ3) is 3.87. The van der Waals surface area contributed by atoms with Crippen LogP contribution in [0, 0.1) is 11.3 Å². The number of amides is 1. The van der Waals surface area contributed by atoms with Crippen LogP contribution in [0.25, 0.3) is 10.8 Å². The van der Waals surface area contributed by atoms with Crippen LogP contribution < -0.4 is 5.32 Å². The summed E-state index contributed by atoms with van der Waals surface area (Å²) in [6.45, 7) is 0. The fourth-order valence-corrected chi connectivity index (χ4v) is 2.77. The van der Waals surface area contributed by atoms with Crippen molar-refractivity contribution < 1.29 is 14.7 Å². The number of carboxylic acids is 1. The van der Waals surface area contributed by atoms with Crippen LogP contribution in [0.4, 0.5) is 5.69 Å². The molecule has 1 amide bonds. The molecule has 0 bridgehead atoms. The Balaban J connectivity index is 1.67. The molecule has 0 aromatic heterocycles. The van der Waals surface area contributed by atoms with Gasteiger partial charge in [-0.3, -0.25) is 4.79 Å². The largest absolute Gasteiger partial charge is 0.478 e. The predicted molar refractivity (Wildman–Crippen MR) is 99.0 cm³/mol. The fraction of sp³-hybridized carbons (Fsp3) is 0.0952. The van der Waals surface area contributed by atoms with E-state index in [1.54, 1.807) is 24.3 Å². The number of fused-ring (bicyclic) bond motifs is 1. The Morgan fingerprint density at radius 1 is 1.00 bits per heavy atom. The molecule has 0 spiro atoms. The molecule has 3 aromatic rings. The van der Waals surface area contributed by atoms with Crippen molar-refractivity contribution in [2.24, 2.45) is 0 Å². The number of carbonyl (C=O) groups excluding carboxylic acids is 1. The maximum Gasteiger partial charge on any atom is 0.337 e. The van der Waals surface area contributed by atoms with Gasteiger partial charge in [0.1, 0.15) is 0 Å². The van der Waals surface area contributed by atoms with Crippen LogP contribution in [0.1, 0.15) is 27.9 Å². The Labute approximate surface area is 150 Å². The Hall–Kier alpha value is -3.65. The van der Waals surface area contributed by atoms with E-state index in [-0.39, 0.29) is 17.9 Å². The smallest absolute Gasteiger partial charge is 0.337 e. The lowest BCUT2D eigenvalue weighted by molar-refractivity contribution is -0.116. The molecule has 0 heterocycles. The minimum absolute atomic E-state index is 0.0693. The van der Waals surface area contributed by atoms with E-state index in [2.05, 4.69) is 11.4 Å². The van der Waals surface area contributed by atoms with Crippen LogP contribution >= 0.6 is 0 Å². The number of nitriles is 1. The summed E-state index contributed by atoms with van der Waals surface area (Å²) < 4.78 is 0. The molecule has 0 radical (unpaired) electrons. The Kier molecular flexibility index (Phi) is 4.95. The van der Waals surface area contributed by atoms with Crippen LogP contribution in [0.3, 0.4) is 0 Å². The van der Waals surface area contributed by atoms with E-state index in [0.717, 1.165) is 16.3 Å². The highest BCUT2D eigenvalue weighted by atomic mass is 16.4. The number of para-hydroxylation sites is 1. The number of benzene rings is 3. The van der Waals surface area contributed by atoms with Crippen molar-refractivity contribution >= 4 is 28.3 Å². The van der Waals surface area contributed by atoms with Crippen LogP contribution in [0.2, 0.25) is 0 Å². The van der Waals surface area contributed by atoms with Gasteiger partial charge in [-0.15, -0.1) is 0 Å². The number of nitrogens with one attached hydrogen (secondary N) is 1. The van der Waals surface area contributed by atoms with Crippen molar-refractivity contribution in [3.8, 4) is 6.07 Å². The maximum atomic E-state index is 12.2. The molecule has 128 valence electrons. The van der Waals surface area contributed by atoms with Crippen molar-refractivity contribution in [2.75, 3.05) is 5.32 Å². The number of carboxylic acid groups (broad SMARTS) is 1. The third-order valence-electron chi connectivity index (χ3n) is 4.11. The number of carbonyl (C=O) groups is 2. The number of aromatic carboxylic acids is 1. The Morgan fingerprint density at radius 2 is 1.73 bits per heavy atom. The molecule has 26 heavy (non-hydrogen) atoms. The lowest BCUT2D eigenvalue weighted by atomic mass is 10.0. The monoisotopic (exact) mass is 344 g/mol. The lowest BCUT2D eigenvalue weighted by Crippen LogP contribution is -2.15. The standard InChI is InChI=1S/C21H16N2O3/c22-13-15-6-9-16-11-14(5-8-17(16)12-15)7-10-20(24)23-19-4-2-1-3-18(19)21(25)26/h1-6,8-9,11-12H,7,10H2,(H,23,24)(H,25,26). The van der Waals surface area contributed by atoms with E-state index in [1.165, 1.54) is 6.07 Å². The van der Waals surface area contributed by atoms with Crippen LogP contribution in [-0.4, -0.2) is 17.0 Å². The summed E-state index contributed by atoms with van der Waals surface area (Å²) >= 11 is 0. The number of hydrogen-bond acceptors (Lipinski definition) is 3. The van der Waals surface area contributed by atoms with E-state index < -0.39 is 5.97 Å². The molecular formula is C21H16N2O3. The highest BCUT2D eigenvalue weighted by molar-refractivity contribution is 6.00. The summed E-state index contributed by atoms with van der Waals surface area (Å²) in [7, 11) is 0. The molecule has 0 aliphatic rings. The summed E-state index contributed by atoms with van der Waals surface area (Å²) in [4.78, 5) is 23.3. The zero-order valence-corrected chi connectivity index (χ0v) is 13.9. The van der Waals surface area contributed by atoms with Crippen molar-refractivity contribution in [3.63, 3.8) is 0 Å². The van der Waals surface area contributed by atoms with Crippen LogP contribution in [0.15, 0.2) is 60.7 Å². The lowest BCUT2D eigenvalue weighted by Gasteiger charge is -2.09. The zero-order valence-electron chi connectivity index (χ0n) is 13.9. The van der Waals surface area contributed by atoms with Crippen molar-refractivity contribution in [1.82, 2.24) is 0 Å². The molecular weight excluding hydrogens is 328 g/mol. The number of aryl methyl sites for hydroxylation is 1. The molecule has 0 atom stereocenters. The van der Waals surface area contributed by atoms with Crippen LogP contribution in [0.5, 0.6) is 0 Å². The SMILES string of the molecule is N#Cc1ccc2cc(CCC(=O)Nc3ccccc3C(=O)O)ccc2c1. The van der Waals surface area contributed by atoms with Gasteiger partial charge < -0.3 is 10.4 Å². The summed E-state index contributed by atoms with van der Waals surface area (Å²) in [5, 5.41) is 22.7. The Morgan fingerprint density at radius 3 is 2.50 bits per heavy atom. The maximum absolute atomic E-state index is 12.2. The molecule has 5 nitrogen and oxygen atoms in total. The average molecular weight is 344 g/mol. The molecule has 0 fully saturated rings. The van der Waals surface area contributed by atoms with E-state index in [4.69, 9.17) is 10.4 Å². The molecule has 2 N–H and O–H groups in total. The highest BCUT2D eigenvalue weighted by Gasteiger charge is 2.11. The van der Waals surface area contributed by atoms with Gasteiger partial charge in [0, 0.05) is 6.42 Å². The molecule has 0 aliphatic carbocycles. The number of anilines is 1. The van der Waals surface area contributed by atoms with Gasteiger partial charge in [-0.1, -0.05) is 36.4 Å². The summed E-state index contributed by atoms with van der Waals surface area (Å²) in [5.41, 5.74) is 1.98. The second-order valence-corrected chi connectivity index (χ2v) is 5.91. The molecule has 0 unspecified atom stereocenters. The Bertz CT molecular complexity index is 1030. The first-order chi connectivity index (χ1) is 12.6. The second kappa shape index (κ2) is 7.49. The second-order valence-electron chi connectivity index (χ2n) is 5.91. The van der Waals surface area contributed by atoms with E-state index >= 15 is 0 Å². The van der Waals surface area contributed by atoms with Gasteiger partial charge in [0.25, 0.3) is 0 Å². The molecule has 5 heteroatoms. The fourth-order valence-electron chi connectivity index (χ4n) is 2.77. The molecule has 3 aromatic carbocycles.